The molecule has 3 heterocycles. The Bertz CT molecular complexity index is 1580. The lowest BCUT2D eigenvalue weighted by Gasteiger charge is -2.12. The normalized spacial score (nSPS) is 11.1. The van der Waals surface area contributed by atoms with E-state index in [2.05, 4.69) is 20.2 Å². The van der Waals surface area contributed by atoms with Crippen LogP contribution in [0.25, 0.3) is 28.1 Å². The summed E-state index contributed by atoms with van der Waals surface area (Å²) in [5.74, 6) is -0.172. The van der Waals surface area contributed by atoms with Gasteiger partial charge in [0.25, 0.3) is 5.95 Å². The monoisotopic (exact) mass is 486 g/mol. The summed E-state index contributed by atoms with van der Waals surface area (Å²) in [4.78, 5) is 21.0. The standard InChI is InChI=1S/C26H23FN6O3/c1-4-36-25(34)19-12-28-33(15-19)26-30-22-13-29-32(23(22)24(31-26)35-3)14-18-10-9-17(11-16(18)2)20-7-5-6-8-21(20)27/h5-13,15H,4,14H2,1-3H3. The minimum atomic E-state index is -0.471. The molecule has 0 aliphatic rings. The Hall–Kier alpha value is -4.60. The summed E-state index contributed by atoms with van der Waals surface area (Å²) >= 11 is 0. The molecule has 36 heavy (non-hydrogen) atoms. The number of esters is 1. The summed E-state index contributed by atoms with van der Waals surface area (Å²) in [5.41, 5.74) is 4.86. The van der Waals surface area contributed by atoms with Crippen LogP contribution >= 0.6 is 0 Å². The molecule has 0 unspecified atom stereocenters. The summed E-state index contributed by atoms with van der Waals surface area (Å²) in [6.07, 6.45) is 4.53. The molecule has 0 bridgehead atoms. The predicted octanol–water partition coefficient (Wildman–Crippen LogP) is 4.36. The quantitative estimate of drug-likeness (QED) is 0.315. The van der Waals surface area contributed by atoms with E-state index in [1.54, 1.807) is 29.9 Å². The van der Waals surface area contributed by atoms with Crippen molar-refractivity contribution in [1.82, 2.24) is 29.5 Å². The molecule has 182 valence electrons. The first-order valence-corrected chi connectivity index (χ1v) is 11.3. The van der Waals surface area contributed by atoms with Gasteiger partial charge in [0, 0.05) is 11.8 Å². The van der Waals surface area contributed by atoms with Crippen molar-refractivity contribution in [3.05, 3.63) is 83.6 Å². The Kier molecular flexibility index (Phi) is 6.16. The molecule has 5 rings (SSSR count). The van der Waals surface area contributed by atoms with Crippen LogP contribution in [-0.2, 0) is 11.3 Å². The number of methoxy groups -OCH3 is 1. The Morgan fingerprint density at radius 3 is 2.67 bits per heavy atom. The number of fused-ring (bicyclic) bond motifs is 1. The highest BCUT2D eigenvalue weighted by Crippen LogP contribution is 2.27. The van der Waals surface area contributed by atoms with E-state index < -0.39 is 5.97 Å². The largest absolute Gasteiger partial charge is 0.479 e. The molecule has 3 aromatic heterocycles. The number of carbonyl (C=O) groups is 1. The fourth-order valence-electron chi connectivity index (χ4n) is 3.97. The Morgan fingerprint density at radius 2 is 1.92 bits per heavy atom. The summed E-state index contributed by atoms with van der Waals surface area (Å²) in [6, 6.07) is 12.5. The minimum Gasteiger partial charge on any atom is -0.479 e. The van der Waals surface area contributed by atoms with Gasteiger partial charge in [0.2, 0.25) is 5.88 Å². The van der Waals surface area contributed by atoms with Crippen molar-refractivity contribution in [2.75, 3.05) is 13.7 Å². The number of aromatic nitrogens is 6. The van der Waals surface area contributed by atoms with E-state index in [1.807, 2.05) is 31.2 Å². The van der Waals surface area contributed by atoms with Crippen LogP contribution in [0.5, 0.6) is 5.88 Å². The van der Waals surface area contributed by atoms with Crippen molar-refractivity contribution in [2.24, 2.45) is 0 Å². The van der Waals surface area contributed by atoms with Crippen molar-refractivity contribution >= 4 is 17.0 Å². The van der Waals surface area contributed by atoms with Crippen LogP contribution in [0.4, 0.5) is 4.39 Å². The molecule has 0 saturated carbocycles. The van der Waals surface area contributed by atoms with E-state index in [-0.39, 0.29) is 18.4 Å². The first kappa shape index (κ1) is 23.2. The van der Waals surface area contributed by atoms with Gasteiger partial charge in [0.1, 0.15) is 16.9 Å². The number of ether oxygens (including phenoxy) is 2. The van der Waals surface area contributed by atoms with Gasteiger partial charge < -0.3 is 9.47 Å². The van der Waals surface area contributed by atoms with Crippen LogP contribution < -0.4 is 4.74 Å². The van der Waals surface area contributed by atoms with Gasteiger partial charge in [-0.15, -0.1) is 0 Å². The highest BCUT2D eigenvalue weighted by Gasteiger charge is 2.18. The fraction of sp³-hybridized carbons (Fsp3) is 0.192. The Balaban J connectivity index is 1.47. The number of halogens is 1. The zero-order valence-corrected chi connectivity index (χ0v) is 20.0. The van der Waals surface area contributed by atoms with Gasteiger partial charge in [-0.2, -0.15) is 15.2 Å². The topological polar surface area (TPSA) is 97.0 Å². The van der Waals surface area contributed by atoms with Crippen molar-refractivity contribution in [1.29, 1.82) is 0 Å². The molecule has 0 radical (unpaired) electrons. The highest BCUT2D eigenvalue weighted by atomic mass is 19.1. The molecule has 0 amide bonds. The predicted molar refractivity (Wildman–Crippen MR) is 131 cm³/mol. The smallest absolute Gasteiger partial charge is 0.341 e. The lowest BCUT2D eigenvalue weighted by atomic mass is 9.99. The van der Waals surface area contributed by atoms with Crippen LogP contribution in [0.15, 0.2) is 61.1 Å². The van der Waals surface area contributed by atoms with E-state index in [4.69, 9.17) is 9.47 Å². The van der Waals surface area contributed by atoms with Gasteiger partial charge in [0.05, 0.1) is 38.2 Å². The van der Waals surface area contributed by atoms with Crippen molar-refractivity contribution in [2.45, 2.75) is 20.4 Å². The number of carbonyl (C=O) groups excluding carboxylic acids is 1. The Labute approximate surface area is 206 Å². The van der Waals surface area contributed by atoms with Gasteiger partial charge in [-0.1, -0.05) is 36.4 Å². The summed E-state index contributed by atoms with van der Waals surface area (Å²) in [7, 11) is 1.52. The minimum absolute atomic E-state index is 0.236. The van der Waals surface area contributed by atoms with Crippen LogP contribution in [0.2, 0.25) is 0 Å². The maximum Gasteiger partial charge on any atom is 0.341 e. The van der Waals surface area contributed by atoms with E-state index in [0.717, 1.165) is 16.7 Å². The second-order valence-corrected chi connectivity index (χ2v) is 8.08. The van der Waals surface area contributed by atoms with Crippen LogP contribution in [0.1, 0.15) is 28.4 Å². The second kappa shape index (κ2) is 9.57. The highest BCUT2D eigenvalue weighted by molar-refractivity contribution is 5.88. The molecule has 0 saturated heterocycles. The first-order valence-electron chi connectivity index (χ1n) is 11.3. The third kappa shape index (κ3) is 4.28. The molecule has 5 aromatic rings. The molecule has 2 aromatic carbocycles. The van der Waals surface area contributed by atoms with E-state index >= 15 is 0 Å². The lowest BCUT2D eigenvalue weighted by Crippen LogP contribution is -2.08. The molecule has 0 aliphatic carbocycles. The number of benzene rings is 2. The number of rotatable bonds is 7. The van der Waals surface area contributed by atoms with E-state index in [1.165, 1.54) is 30.3 Å². The molecule has 9 nitrogen and oxygen atoms in total. The number of aryl methyl sites for hydroxylation is 1. The summed E-state index contributed by atoms with van der Waals surface area (Å²) in [6.45, 7) is 4.43. The Morgan fingerprint density at radius 1 is 1.08 bits per heavy atom. The first-order chi connectivity index (χ1) is 17.5. The molecule has 0 atom stereocenters. The summed E-state index contributed by atoms with van der Waals surface area (Å²) < 4.78 is 27.9. The second-order valence-electron chi connectivity index (χ2n) is 8.08. The molecule has 0 spiro atoms. The van der Waals surface area contributed by atoms with Crippen LogP contribution in [0, 0.1) is 12.7 Å². The molecular formula is C26H23FN6O3. The van der Waals surface area contributed by atoms with Crippen molar-refractivity contribution < 1.29 is 18.7 Å². The van der Waals surface area contributed by atoms with Gasteiger partial charge in [-0.05, 0) is 36.6 Å². The van der Waals surface area contributed by atoms with Crippen molar-refractivity contribution in [3.63, 3.8) is 0 Å². The fourth-order valence-corrected chi connectivity index (χ4v) is 3.97. The van der Waals surface area contributed by atoms with Gasteiger partial charge in [0.15, 0.2) is 0 Å². The molecule has 0 fully saturated rings. The zero-order valence-electron chi connectivity index (χ0n) is 20.0. The van der Waals surface area contributed by atoms with E-state index in [9.17, 15) is 9.18 Å². The molecule has 10 heteroatoms. The summed E-state index contributed by atoms with van der Waals surface area (Å²) in [5, 5.41) is 8.68. The van der Waals surface area contributed by atoms with E-state index in [0.29, 0.717) is 34.6 Å². The van der Waals surface area contributed by atoms with Crippen molar-refractivity contribution in [3.8, 4) is 23.0 Å². The molecular weight excluding hydrogens is 463 g/mol. The van der Waals surface area contributed by atoms with Gasteiger partial charge in [-0.25, -0.2) is 18.9 Å². The molecule has 0 aliphatic heterocycles. The number of hydrogen-bond donors (Lipinski definition) is 0. The van der Waals surface area contributed by atoms with Gasteiger partial charge in [-0.3, -0.25) is 4.68 Å². The maximum absolute atomic E-state index is 14.2. The van der Waals surface area contributed by atoms with Gasteiger partial charge >= 0.3 is 5.97 Å². The third-order valence-electron chi connectivity index (χ3n) is 5.78. The number of hydrogen-bond acceptors (Lipinski definition) is 7. The van der Waals surface area contributed by atoms with Crippen LogP contribution in [0.3, 0.4) is 0 Å². The number of nitrogens with zero attached hydrogens (tertiary/aromatic N) is 6. The lowest BCUT2D eigenvalue weighted by molar-refractivity contribution is 0.0526. The maximum atomic E-state index is 14.2. The average Bonchev–Trinajstić information content (AvgIpc) is 3.53. The molecule has 0 N–H and O–H groups in total. The average molecular weight is 487 g/mol. The SMILES string of the molecule is CCOC(=O)c1cnn(-c2nc(OC)c3c(cnn3Cc3ccc(-c4ccccc4F)cc3C)n2)c1. The van der Waals surface area contributed by atoms with Crippen LogP contribution in [-0.4, -0.2) is 49.2 Å². The third-order valence-corrected chi connectivity index (χ3v) is 5.78. The zero-order chi connectivity index (χ0) is 25.2.